The second kappa shape index (κ2) is 7.95. The second-order valence-corrected chi connectivity index (χ2v) is 6.73. The Hall–Kier alpha value is -3.35. The first-order valence-corrected chi connectivity index (χ1v) is 9.40. The first-order chi connectivity index (χ1) is 14.1. The number of piperidine rings is 1. The number of benzene rings is 2. The van der Waals surface area contributed by atoms with Crippen molar-refractivity contribution in [1.82, 2.24) is 4.98 Å². The summed E-state index contributed by atoms with van der Waals surface area (Å²) in [6, 6.07) is 9.78. The predicted octanol–water partition coefficient (Wildman–Crippen LogP) is 4.70. The molecule has 0 N–H and O–H groups in total. The number of methoxy groups -OCH3 is 2. The zero-order valence-electron chi connectivity index (χ0n) is 16.3. The van der Waals surface area contributed by atoms with Gasteiger partial charge in [-0.15, -0.1) is 0 Å². The molecule has 0 radical (unpaired) electrons. The topological polar surface area (TPSA) is 60.9 Å². The van der Waals surface area contributed by atoms with Gasteiger partial charge in [0.2, 0.25) is 5.91 Å². The Morgan fingerprint density at radius 1 is 1.00 bits per heavy atom. The Labute approximate surface area is 167 Å². The van der Waals surface area contributed by atoms with Crippen LogP contribution in [0.2, 0.25) is 0 Å². The van der Waals surface area contributed by atoms with Crippen molar-refractivity contribution in [2.24, 2.45) is 0 Å². The van der Waals surface area contributed by atoms with Crippen LogP contribution in [-0.4, -0.2) is 31.7 Å². The number of fused-ring (bicyclic) bond motifs is 1. The predicted molar refractivity (Wildman–Crippen MR) is 108 cm³/mol. The Bertz CT molecular complexity index is 1070. The standard InChI is InChI=1S/C22H21FN2O4/c1-27-19-9-7-15-17(10-11-24-21(15)22(19)28-2)29-18-8-6-14(13-16(18)23)25-12-4-3-5-20(25)26/h6-11,13H,3-5,12H2,1-2H3. The van der Waals surface area contributed by atoms with Crippen molar-refractivity contribution >= 4 is 22.5 Å². The van der Waals surface area contributed by atoms with Crippen molar-refractivity contribution in [3.8, 4) is 23.0 Å². The molecule has 4 rings (SSSR count). The lowest BCUT2D eigenvalue weighted by Gasteiger charge is -2.27. The zero-order chi connectivity index (χ0) is 20.4. The highest BCUT2D eigenvalue weighted by atomic mass is 19.1. The summed E-state index contributed by atoms with van der Waals surface area (Å²) in [5.74, 6) is 1.02. The number of hydrogen-bond acceptors (Lipinski definition) is 5. The van der Waals surface area contributed by atoms with Crippen LogP contribution in [-0.2, 0) is 4.79 Å². The van der Waals surface area contributed by atoms with Crippen molar-refractivity contribution in [3.05, 3.63) is 48.4 Å². The summed E-state index contributed by atoms with van der Waals surface area (Å²) in [4.78, 5) is 18.1. The Morgan fingerprint density at radius 3 is 2.55 bits per heavy atom. The normalized spacial score (nSPS) is 14.2. The number of pyridine rings is 1. The van der Waals surface area contributed by atoms with Crippen molar-refractivity contribution < 1.29 is 23.4 Å². The molecule has 150 valence electrons. The zero-order valence-corrected chi connectivity index (χ0v) is 16.3. The molecule has 2 heterocycles. The summed E-state index contributed by atoms with van der Waals surface area (Å²) in [6.45, 7) is 0.606. The van der Waals surface area contributed by atoms with E-state index in [9.17, 15) is 9.18 Å². The number of amides is 1. The van der Waals surface area contributed by atoms with E-state index in [-0.39, 0.29) is 11.7 Å². The highest BCUT2D eigenvalue weighted by Crippen LogP contribution is 2.39. The minimum Gasteiger partial charge on any atom is -0.493 e. The number of ether oxygens (including phenoxy) is 3. The molecular formula is C22H21FN2O4. The Balaban J connectivity index is 1.67. The number of carbonyl (C=O) groups excluding carboxylic acids is 1. The fourth-order valence-corrected chi connectivity index (χ4v) is 3.53. The van der Waals surface area contributed by atoms with Crippen LogP contribution in [0, 0.1) is 5.82 Å². The van der Waals surface area contributed by atoms with Crippen LogP contribution < -0.4 is 19.1 Å². The highest BCUT2D eigenvalue weighted by Gasteiger charge is 2.21. The maximum atomic E-state index is 14.8. The third-order valence-corrected chi connectivity index (χ3v) is 4.98. The van der Waals surface area contributed by atoms with Crippen LogP contribution in [0.3, 0.4) is 0 Å². The fourth-order valence-electron chi connectivity index (χ4n) is 3.53. The van der Waals surface area contributed by atoms with Crippen LogP contribution in [0.4, 0.5) is 10.1 Å². The third-order valence-electron chi connectivity index (χ3n) is 4.98. The van der Waals surface area contributed by atoms with Gasteiger partial charge in [0, 0.05) is 36.3 Å². The quantitative estimate of drug-likeness (QED) is 0.626. The largest absolute Gasteiger partial charge is 0.493 e. The summed E-state index contributed by atoms with van der Waals surface area (Å²) in [7, 11) is 3.08. The smallest absolute Gasteiger partial charge is 0.226 e. The molecule has 6 nitrogen and oxygen atoms in total. The summed E-state index contributed by atoms with van der Waals surface area (Å²) < 4.78 is 31.3. The molecule has 0 bridgehead atoms. The molecule has 7 heteroatoms. The number of rotatable bonds is 5. The summed E-state index contributed by atoms with van der Waals surface area (Å²) in [5.41, 5.74) is 1.10. The van der Waals surface area contributed by atoms with Gasteiger partial charge in [-0.1, -0.05) is 0 Å². The first kappa shape index (κ1) is 19.0. The maximum Gasteiger partial charge on any atom is 0.226 e. The average Bonchev–Trinajstić information content (AvgIpc) is 2.74. The van der Waals surface area contributed by atoms with E-state index in [0.717, 1.165) is 12.8 Å². The molecule has 0 atom stereocenters. The molecule has 1 fully saturated rings. The molecule has 1 saturated heterocycles. The molecular weight excluding hydrogens is 375 g/mol. The van der Waals surface area contributed by atoms with E-state index in [4.69, 9.17) is 14.2 Å². The molecule has 0 aliphatic carbocycles. The lowest BCUT2D eigenvalue weighted by atomic mass is 10.1. The summed E-state index contributed by atoms with van der Waals surface area (Å²) >= 11 is 0. The van der Waals surface area contributed by atoms with Gasteiger partial charge in [-0.25, -0.2) is 4.39 Å². The highest BCUT2D eigenvalue weighted by molar-refractivity contribution is 5.94. The number of anilines is 1. The van der Waals surface area contributed by atoms with E-state index in [1.165, 1.54) is 13.2 Å². The lowest BCUT2D eigenvalue weighted by Crippen LogP contribution is -2.35. The van der Waals surface area contributed by atoms with Gasteiger partial charge in [-0.3, -0.25) is 9.78 Å². The van der Waals surface area contributed by atoms with E-state index in [0.29, 0.717) is 46.8 Å². The Morgan fingerprint density at radius 2 is 1.83 bits per heavy atom. The molecule has 1 amide bonds. The van der Waals surface area contributed by atoms with Crippen molar-refractivity contribution in [2.75, 3.05) is 25.7 Å². The molecule has 2 aromatic carbocycles. The van der Waals surface area contributed by atoms with Gasteiger partial charge < -0.3 is 19.1 Å². The van der Waals surface area contributed by atoms with Gasteiger partial charge in [0.05, 0.1) is 14.2 Å². The molecule has 0 unspecified atom stereocenters. The number of hydrogen-bond donors (Lipinski definition) is 0. The molecule has 1 aliphatic heterocycles. The van der Waals surface area contributed by atoms with Gasteiger partial charge >= 0.3 is 0 Å². The summed E-state index contributed by atoms with van der Waals surface area (Å²) in [5, 5.41) is 0.667. The van der Waals surface area contributed by atoms with Gasteiger partial charge in [-0.2, -0.15) is 0 Å². The lowest BCUT2D eigenvalue weighted by molar-refractivity contribution is -0.119. The van der Waals surface area contributed by atoms with Crippen LogP contribution >= 0.6 is 0 Å². The SMILES string of the molecule is COc1ccc2c(Oc3ccc(N4CCCCC4=O)cc3F)ccnc2c1OC. The van der Waals surface area contributed by atoms with Gasteiger partial charge in [0.15, 0.2) is 23.1 Å². The van der Waals surface area contributed by atoms with E-state index in [1.54, 1.807) is 48.5 Å². The Kier molecular flexibility index (Phi) is 5.20. The van der Waals surface area contributed by atoms with Crippen molar-refractivity contribution in [3.63, 3.8) is 0 Å². The third kappa shape index (κ3) is 3.55. The first-order valence-electron chi connectivity index (χ1n) is 9.40. The molecule has 1 aliphatic rings. The maximum absolute atomic E-state index is 14.8. The van der Waals surface area contributed by atoms with Gasteiger partial charge in [0.25, 0.3) is 0 Å². The molecule has 0 saturated carbocycles. The van der Waals surface area contributed by atoms with E-state index >= 15 is 0 Å². The average molecular weight is 396 g/mol. The molecule has 1 aromatic heterocycles. The van der Waals surface area contributed by atoms with Crippen LogP contribution in [0.5, 0.6) is 23.0 Å². The fraction of sp³-hybridized carbons (Fsp3) is 0.273. The van der Waals surface area contributed by atoms with E-state index < -0.39 is 5.82 Å². The van der Waals surface area contributed by atoms with Gasteiger partial charge in [-0.05, 0) is 43.2 Å². The molecule has 29 heavy (non-hydrogen) atoms. The monoisotopic (exact) mass is 396 g/mol. The van der Waals surface area contributed by atoms with Gasteiger partial charge in [0.1, 0.15) is 11.3 Å². The second-order valence-electron chi connectivity index (χ2n) is 6.73. The van der Waals surface area contributed by atoms with Crippen molar-refractivity contribution in [2.45, 2.75) is 19.3 Å². The molecule has 3 aromatic rings. The minimum atomic E-state index is -0.536. The van der Waals surface area contributed by atoms with E-state index in [1.807, 2.05) is 0 Å². The van der Waals surface area contributed by atoms with E-state index in [2.05, 4.69) is 4.98 Å². The number of nitrogens with zero attached hydrogens (tertiary/aromatic N) is 2. The van der Waals surface area contributed by atoms with Crippen LogP contribution in [0.15, 0.2) is 42.6 Å². The number of halogens is 1. The minimum absolute atomic E-state index is 0.0190. The summed E-state index contributed by atoms with van der Waals surface area (Å²) in [6.07, 6.45) is 3.86. The molecule has 0 spiro atoms. The number of aromatic nitrogens is 1. The van der Waals surface area contributed by atoms with Crippen LogP contribution in [0.25, 0.3) is 10.9 Å². The van der Waals surface area contributed by atoms with Crippen molar-refractivity contribution in [1.29, 1.82) is 0 Å². The van der Waals surface area contributed by atoms with Crippen LogP contribution in [0.1, 0.15) is 19.3 Å². The number of carbonyl (C=O) groups is 1.